The molecule has 0 aromatic heterocycles. The van der Waals surface area contributed by atoms with Crippen LogP contribution in [0.3, 0.4) is 0 Å². The number of hydrogen-bond donors (Lipinski definition) is 2. The topological polar surface area (TPSA) is 64.3 Å². The number of anilines is 2. The fourth-order valence-electron chi connectivity index (χ4n) is 1.53. The lowest BCUT2D eigenvalue weighted by atomic mass is 10.2. The summed E-state index contributed by atoms with van der Waals surface area (Å²) in [6.07, 6.45) is 0. The summed E-state index contributed by atoms with van der Waals surface area (Å²) in [5.74, 6) is -0.340. The Labute approximate surface area is 123 Å². The van der Waals surface area contributed by atoms with E-state index >= 15 is 0 Å². The van der Waals surface area contributed by atoms with Gasteiger partial charge in [0.25, 0.3) is 5.91 Å². The number of ether oxygens (including phenoxy) is 1. The predicted octanol–water partition coefficient (Wildman–Crippen LogP) is 3.19. The first kappa shape index (κ1) is 14.3. The van der Waals surface area contributed by atoms with Crippen molar-refractivity contribution in [2.24, 2.45) is 0 Å². The minimum absolute atomic E-state index is 0.196. The van der Waals surface area contributed by atoms with Gasteiger partial charge in [-0.1, -0.05) is 12.1 Å². The van der Waals surface area contributed by atoms with Crippen LogP contribution in [0, 0.1) is 5.82 Å². The molecule has 3 N–H and O–H groups in total. The van der Waals surface area contributed by atoms with Crippen LogP contribution in [0.1, 0.15) is 0 Å². The number of hydrogen-bond acceptors (Lipinski definition) is 3. The molecule has 0 unspecified atom stereocenters. The number of amides is 1. The lowest BCUT2D eigenvalue weighted by Crippen LogP contribution is -2.20. The van der Waals surface area contributed by atoms with Gasteiger partial charge in [0.15, 0.2) is 6.61 Å². The van der Waals surface area contributed by atoms with Crippen molar-refractivity contribution >= 4 is 33.2 Å². The van der Waals surface area contributed by atoms with E-state index in [1.807, 2.05) is 0 Å². The molecule has 20 heavy (non-hydrogen) atoms. The van der Waals surface area contributed by atoms with E-state index < -0.39 is 0 Å². The molecule has 0 spiro atoms. The van der Waals surface area contributed by atoms with E-state index in [9.17, 15) is 9.18 Å². The van der Waals surface area contributed by atoms with E-state index in [0.717, 1.165) is 0 Å². The molecule has 0 aliphatic heterocycles. The monoisotopic (exact) mass is 338 g/mol. The highest BCUT2D eigenvalue weighted by molar-refractivity contribution is 9.10. The highest BCUT2D eigenvalue weighted by atomic mass is 79.9. The second-order valence-electron chi connectivity index (χ2n) is 4.00. The molecule has 0 bridgehead atoms. The Hall–Kier alpha value is -2.08. The molecule has 1 amide bonds. The van der Waals surface area contributed by atoms with Gasteiger partial charge in [-0.15, -0.1) is 0 Å². The van der Waals surface area contributed by atoms with Gasteiger partial charge in [0.05, 0.1) is 15.8 Å². The van der Waals surface area contributed by atoms with Gasteiger partial charge in [0.1, 0.15) is 11.6 Å². The zero-order valence-electron chi connectivity index (χ0n) is 10.4. The van der Waals surface area contributed by atoms with Crippen LogP contribution in [0.2, 0.25) is 0 Å². The van der Waals surface area contributed by atoms with Gasteiger partial charge < -0.3 is 15.8 Å². The fraction of sp³-hybridized carbons (Fsp3) is 0.0714. The van der Waals surface area contributed by atoms with Crippen LogP contribution >= 0.6 is 15.9 Å². The van der Waals surface area contributed by atoms with Gasteiger partial charge in [-0.3, -0.25) is 4.79 Å². The van der Waals surface area contributed by atoms with Crippen molar-refractivity contribution in [3.05, 3.63) is 52.8 Å². The molecule has 2 aromatic carbocycles. The third kappa shape index (κ3) is 3.71. The molecule has 0 aliphatic rings. The molecule has 0 atom stereocenters. The van der Waals surface area contributed by atoms with Crippen LogP contribution < -0.4 is 15.8 Å². The molecule has 6 heteroatoms. The Morgan fingerprint density at radius 3 is 2.75 bits per heavy atom. The van der Waals surface area contributed by atoms with E-state index in [0.29, 0.717) is 21.6 Å². The molecular weight excluding hydrogens is 327 g/mol. The molecule has 2 aromatic rings. The van der Waals surface area contributed by atoms with Crippen molar-refractivity contribution in [3.63, 3.8) is 0 Å². The minimum Gasteiger partial charge on any atom is -0.483 e. The first-order valence-electron chi connectivity index (χ1n) is 5.78. The van der Waals surface area contributed by atoms with Crippen LogP contribution in [0.25, 0.3) is 0 Å². The SMILES string of the molecule is Nc1ccccc1NC(=O)COc1ccc(F)cc1Br. The number of para-hydroxylation sites is 2. The average Bonchev–Trinajstić information content (AvgIpc) is 2.40. The maximum absolute atomic E-state index is 12.9. The highest BCUT2D eigenvalue weighted by Crippen LogP contribution is 2.25. The van der Waals surface area contributed by atoms with E-state index in [1.165, 1.54) is 18.2 Å². The van der Waals surface area contributed by atoms with Crippen molar-refractivity contribution in [1.82, 2.24) is 0 Å². The largest absolute Gasteiger partial charge is 0.483 e. The summed E-state index contributed by atoms with van der Waals surface area (Å²) in [6.45, 7) is -0.196. The van der Waals surface area contributed by atoms with Crippen LogP contribution in [0.15, 0.2) is 46.9 Å². The Balaban J connectivity index is 1.94. The Kier molecular flexibility index (Phi) is 4.57. The lowest BCUT2D eigenvalue weighted by Gasteiger charge is -2.10. The molecule has 0 saturated carbocycles. The summed E-state index contributed by atoms with van der Waals surface area (Å²) in [5, 5.41) is 2.63. The quantitative estimate of drug-likeness (QED) is 0.841. The van der Waals surface area contributed by atoms with Crippen LogP contribution in [0.5, 0.6) is 5.75 Å². The molecule has 0 radical (unpaired) electrons. The van der Waals surface area contributed by atoms with Gasteiger partial charge >= 0.3 is 0 Å². The summed E-state index contributed by atoms with van der Waals surface area (Å²) in [4.78, 5) is 11.7. The van der Waals surface area contributed by atoms with Crippen molar-refractivity contribution in [2.45, 2.75) is 0 Å². The number of nitrogens with two attached hydrogens (primary N) is 1. The smallest absolute Gasteiger partial charge is 0.262 e. The Morgan fingerprint density at radius 2 is 2.05 bits per heavy atom. The van der Waals surface area contributed by atoms with Gasteiger partial charge in [-0.05, 0) is 46.3 Å². The van der Waals surface area contributed by atoms with Gasteiger partial charge in [-0.2, -0.15) is 0 Å². The molecule has 0 aliphatic carbocycles. The number of nitrogen functional groups attached to an aromatic ring is 1. The average molecular weight is 339 g/mol. The third-order valence-corrected chi connectivity index (χ3v) is 3.11. The highest BCUT2D eigenvalue weighted by Gasteiger charge is 2.08. The molecule has 2 rings (SSSR count). The van der Waals surface area contributed by atoms with E-state index in [1.54, 1.807) is 24.3 Å². The van der Waals surface area contributed by atoms with Gasteiger partial charge in [0, 0.05) is 0 Å². The number of benzene rings is 2. The number of carbonyl (C=O) groups is 1. The summed E-state index contributed by atoms with van der Waals surface area (Å²) in [6, 6.07) is 10.9. The van der Waals surface area contributed by atoms with E-state index in [2.05, 4.69) is 21.2 Å². The van der Waals surface area contributed by atoms with Crippen LogP contribution in [-0.4, -0.2) is 12.5 Å². The number of halogens is 2. The lowest BCUT2D eigenvalue weighted by molar-refractivity contribution is -0.118. The second-order valence-corrected chi connectivity index (χ2v) is 4.85. The van der Waals surface area contributed by atoms with E-state index in [-0.39, 0.29) is 18.3 Å². The van der Waals surface area contributed by atoms with Crippen molar-refractivity contribution in [2.75, 3.05) is 17.7 Å². The number of rotatable bonds is 4. The third-order valence-electron chi connectivity index (χ3n) is 2.49. The van der Waals surface area contributed by atoms with Crippen LogP contribution in [0.4, 0.5) is 15.8 Å². The summed E-state index contributed by atoms with van der Waals surface area (Å²) < 4.78 is 18.6. The zero-order chi connectivity index (χ0) is 14.5. The van der Waals surface area contributed by atoms with Crippen molar-refractivity contribution in [1.29, 1.82) is 0 Å². The molecule has 4 nitrogen and oxygen atoms in total. The van der Waals surface area contributed by atoms with Gasteiger partial charge in [0.2, 0.25) is 0 Å². The molecule has 0 fully saturated rings. The maximum Gasteiger partial charge on any atom is 0.262 e. The van der Waals surface area contributed by atoms with Crippen molar-refractivity contribution < 1.29 is 13.9 Å². The maximum atomic E-state index is 12.9. The molecule has 0 saturated heterocycles. The zero-order valence-corrected chi connectivity index (χ0v) is 12.0. The Morgan fingerprint density at radius 1 is 1.30 bits per heavy atom. The van der Waals surface area contributed by atoms with E-state index in [4.69, 9.17) is 10.5 Å². The normalized spacial score (nSPS) is 10.1. The predicted molar refractivity (Wildman–Crippen MR) is 79.1 cm³/mol. The molecule has 0 heterocycles. The molecular formula is C14H12BrFN2O2. The first-order valence-corrected chi connectivity index (χ1v) is 6.58. The van der Waals surface area contributed by atoms with Crippen LogP contribution in [-0.2, 0) is 4.79 Å². The number of nitrogens with one attached hydrogen (secondary N) is 1. The Bertz CT molecular complexity index is 634. The fourth-order valence-corrected chi connectivity index (χ4v) is 2.00. The standard InChI is InChI=1S/C14H12BrFN2O2/c15-10-7-9(16)5-6-13(10)20-8-14(19)18-12-4-2-1-3-11(12)17/h1-7H,8,17H2,(H,18,19). The summed E-state index contributed by atoms with van der Waals surface area (Å²) >= 11 is 3.16. The number of carbonyl (C=O) groups excluding carboxylic acids is 1. The molecule has 104 valence electrons. The minimum atomic E-state index is -0.384. The van der Waals surface area contributed by atoms with Gasteiger partial charge in [-0.25, -0.2) is 4.39 Å². The first-order chi connectivity index (χ1) is 9.56. The second kappa shape index (κ2) is 6.38. The summed E-state index contributed by atoms with van der Waals surface area (Å²) in [7, 11) is 0. The van der Waals surface area contributed by atoms with Crippen molar-refractivity contribution in [3.8, 4) is 5.75 Å². The summed E-state index contributed by atoms with van der Waals surface area (Å²) in [5.41, 5.74) is 6.72.